The minimum Gasteiger partial charge on any atom is -0.452 e. The Morgan fingerprint density at radius 3 is 2.41 bits per heavy atom. The number of nitrogens with zero attached hydrogens (tertiary/aromatic N) is 2. The molecule has 2 heterocycles. The van der Waals surface area contributed by atoms with Crippen molar-refractivity contribution >= 4 is 21.9 Å². The Balaban J connectivity index is 1.63. The highest BCUT2D eigenvalue weighted by Crippen LogP contribution is 2.21. The van der Waals surface area contributed by atoms with Crippen molar-refractivity contribution < 1.29 is 27.5 Å². The third-order valence-electron chi connectivity index (χ3n) is 5.12. The molecular weight excluding hydrogens is 396 g/mol. The van der Waals surface area contributed by atoms with Crippen LogP contribution in [-0.4, -0.2) is 74.5 Å². The molecule has 0 bridgehead atoms. The molecule has 1 amide bonds. The smallest absolute Gasteiger partial charge is 0.338 e. The molecule has 0 aromatic heterocycles. The minimum atomic E-state index is -3.64. The lowest BCUT2D eigenvalue weighted by Gasteiger charge is -2.35. The van der Waals surface area contributed by atoms with Crippen molar-refractivity contribution in [1.82, 2.24) is 9.21 Å². The van der Waals surface area contributed by atoms with Gasteiger partial charge < -0.3 is 14.4 Å². The van der Waals surface area contributed by atoms with Gasteiger partial charge in [0.05, 0.1) is 22.7 Å². The molecule has 0 aliphatic carbocycles. The lowest BCUT2D eigenvalue weighted by atomic mass is 10.2. The van der Waals surface area contributed by atoms with Crippen LogP contribution >= 0.6 is 0 Å². The highest BCUT2D eigenvalue weighted by Gasteiger charge is 2.28. The number of sulfonamides is 1. The van der Waals surface area contributed by atoms with E-state index in [0.29, 0.717) is 26.2 Å². The number of hydrogen-bond donors (Lipinski definition) is 0. The predicted octanol–water partition coefficient (Wildman–Crippen LogP) is 1.65. The number of esters is 1. The van der Waals surface area contributed by atoms with E-state index in [1.807, 2.05) is 13.8 Å². The molecule has 160 valence electrons. The van der Waals surface area contributed by atoms with E-state index in [1.165, 1.54) is 28.6 Å². The van der Waals surface area contributed by atoms with Crippen LogP contribution in [0.25, 0.3) is 0 Å². The molecule has 2 unspecified atom stereocenters. The van der Waals surface area contributed by atoms with Crippen LogP contribution in [0.2, 0.25) is 0 Å². The molecule has 2 aliphatic rings. The SMILES string of the molecule is CC1CN(C(=O)COC(=O)c2cccc(S(=O)(=O)N3CCCCC3)c2)CC(C)O1. The third kappa shape index (κ3) is 5.34. The highest BCUT2D eigenvalue weighted by molar-refractivity contribution is 7.89. The third-order valence-corrected chi connectivity index (χ3v) is 7.02. The van der Waals surface area contributed by atoms with E-state index in [-0.39, 0.29) is 35.2 Å². The van der Waals surface area contributed by atoms with Crippen molar-refractivity contribution in [3.8, 4) is 0 Å². The number of carbonyl (C=O) groups excluding carboxylic acids is 2. The van der Waals surface area contributed by atoms with Gasteiger partial charge in [-0.3, -0.25) is 4.79 Å². The van der Waals surface area contributed by atoms with E-state index in [1.54, 1.807) is 4.90 Å². The number of carbonyl (C=O) groups is 2. The Labute approximate surface area is 171 Å². The fraction of sp³-hybridized carbons (Fsp3) is 0.600. The van der Waals surface area contributed by atoms with Gasteiger partial charge in [-0.05, 0) is 44.9 Å². The van der Waals surface area contributed by atoms with Crippen LogP contribution in [0.1, 0.15) is 43.5 Å². The van der Waals surface area contributed by atoms with Crippen molar-refractivity contribution in [2.24, 2.45) is 0 Å². The van der Waals surface area contributed by atoms with Gasteiger partial charge in [-0.25, -0.2) is 13.2 Å². The molecule has 0 spiro atoms. The second-order valence-corrected chi connectivity index (χ2v) is 9.56. The number of morpholine rings is 1. The topological polar surface area (TPSA) is 93.2 Å². The number of rotatable bonds is 5. The Kier molecular flexibility index (Phi) is 6.92. The quantitative estimate of drug-likeness (QED) is 0.668. The monoisotopic (exact) mass is 424 g/mol. The van der Waals surface area contributed by atoms with Gasteiger partial charge >= 0.3 is 5.97 Å². The summed E-state index contributed by atoms with van der Waals surface area (Å²) in [7, 11) is -3.64. The molecule has 9 heteroatoms. The summed E-state index contributed by atoms with van der Waals surface area (Å²) in [6, 6.07) is 5.79. The van der Waals surface area contributed by atoms with Gasteiger partial charge in [-0.2, -0.15) is 4.31 Å². The summed E-state index contributed by atoms with van der Waals surface area (Å²) in [5.41, 5.74) is 0.111. The summed E-state index contributed by atoms with van der Waals surface area (Å²) < 4.78 is 37.8. The van der Waals surface area contributed by atoms with Gasteiger partial charge in [-0.1, -0.05) is 12.5 Å². The van der Waals surface area contributed by atoms with Crippen molar-refractivity contribution in [2.75, 3.05) is 32.8 Å². The molecule has 8 nitrogen and oxygen atoms in total. The fourth-order valence-corrected chi connectivity index (χ4v) is 5.28. The molecule has 1 aromatic carbocycles. The standard InChI is InChI=1S/C20H28N2O6S/c1-15-12-21(13-16(2)28-15)19(23)14-27-20(24)17-7-6-8-18(11-17)29(25,26)22-9-4-3-5-10-22/h6-8,11,15-16H,3-5,9-10,12-14H2,1-2H3. The maximum Gasteiger partial charge on any atom is 0.338 e. The first-order valence-electron chi connectivity index (χ1n) is 9.98. The average molecular weight is 425 g/mol. The van der Waals surface area contributed by atoms with Gasteiger partial charge in [0.15, 0.2) is 6.61 Å². The van der Waals surface area contributed by atoms with Crippen LogP contribution in [-0.2, 0) is 24.3 Å². The van der Waals surface area contributed by atoms with Crippen LogP contribution < -0.4 is 0 Å². The van der Waals surface area contributed by atoms with Crippen LogP contribution in [0.3, 0.4) is 0 Å². The number of piperidine rings is 1. The first kappa shape index (κ1) is 21.7. The molecule has 2 aliphatic heterocycles. The molecule has 2 atom stereocenters. The summed E-state index contributed by atoms with van der Waals surface area (Å²) in [6.45, 7) is 5.26. The van der Waals surface area contributed by atoms with E-state index < -0.39 is 16.0 Å². The zero-order valence-corrected chi connectivity index (χ0v) is 17.7. The molecule has 2 fully saturated rings. The summed E-state index contributed by atoms with van der Waals surface area (Å²) in [4.78, 5) is 26.4. The number of benzene rings is 1. The average Bonchev–Trinajstić information content (AvgIpc) is 2.71. The lowest BCUT2D eigenvalue weighted by Crippen LogP contribution is -2.49. The maximum atomic E-state index is 12.8. The Morgan fingerprint density at radius 1 is 1.10 bits per heavy atom. The summed E-state index contributed by atoms with van der Waals surface area (Å²) in [6.07, 6.45) is 2.54. The van der Waals surface area contributed by atoms with Crippen molar-refractivity contribution in [1.29, 1.82) is 0 Å². The van der Waals surface area contributed by atoms with Gasteiger partial charge in [0.2, 0.25) is 10.0 Å². The zero-order valence-electron chi connectivity index (χ0n) is 16.9. The Bertz CT molecular complexity index is 840. The molecule has 1 aromatic rings. The van der Waals surface area contributed by atoms with E-state index in [0.717, 1.165) is 19.3 Å². The molecule has 0 N–H and O–H groups in total. The second-order valence-electron chi connectivity index (χ2n) is 7.62. The molecule has 2 saturated heterocycles. The molecule has 0 radical (unpaired) electrons. The van der Waals surface area contributed by atoms with E-state index >= 15 is 0 Å². The molecule has 0 saturated carbocycles. The van der Waals surface area contributed by atoms with Crippen LogP contribution in [0.4, 0.5) is 0 Å². The molecule has 29 heavy (non-hydrogen) atoms. The predicted molar refractivity (Wildman–Crippen MR) is 106 cm³/mol. The summed E-state index contributed by atoms with van der Waals surface area (Å²) in [5.74, 6) is -1.01. The molecule has 3 rings (SSSR count). The van der Waals surface area contributed by atoms with Crippen molar-refractivity contribution in [2.45, 2.75) is 50.2 Å². The minimum absolute atomic E-state index is 0.0657. The van der Waals surface area contributed by atoms with Crippen LogP contribution in [0, 0.1) is 0 Å². The number of hydrogen-bond acceptors (Lipinski definition) is 6. The van der Waals surface area contributed by atoms with Crippen molar-refractivity contribution in [3.05, 3.63) is 29.8 Å². The van der Waals surface area contributed by atoms with Crippen molar-refractivity contribution in [3.63, 3.8) is 0 Å². The highest BCUT2D eigenvalue weighted by atomic mass is 32.2. The lowest BCUT2D eigenvalue weighted by molar-refractivity contribution is -0.146. The van der Waals surface area contributed by atoms with Crippen LogP contribution in [0.15, 0.2) is 29.2 Å². The first-order valence-corrected chi connectivity index (χ1v) is 11.4. The summed E-state index contributed by atoms with van der Waals surface area (Å²) in [5, 5.41) is 0. The number of ether oxygens (including phenoxy) is 2. The van der Waals surface area contributed by atoms with Crippen LogP contribution in [0.5, 0.6) is 0 Å². The first-order chi connectivity index (χ1) is 13.8. The zero-order chi connectivity index (χ0) is 21.0. The largest absolute Gasteiger partial charge is 0.452 e. The Morgan fingerprint density at radius 2 is 1.76 bits per heavy atom. The maximum absolute atomic E-state index is 12.8. The van der Waals surface area contributed by atoms with Gasteiger partial charge in [0.25, 0.3) is 5.91 Å². The fourth-order valence-electron chi connectivity index (χ4n) is 3.72. The van der Waals surface area contributed by atoms with Gasteiger partial charge in [0.1, 0.15) is 0 Å². The van der Waals surface area contributed by atoms with E-state index in [2.05, 4.69) is 0 Å². The second kappa shape index (κ2) is 9.23. The van der Waals surface area contributed by atoms with Gasteiger partial charge in [0, 0.05) is 26.2 Å². The Hall–Kier alpha value is -1.97. The summed E-state index contributed by atoms with van der Waals surface area (Å²) >= 11 is 0. The normalized spacial score (nSPS) is 23.6. The molecular formula is C20H28N2O6S. The van der Waals surface area contributed by atoms with E-state index in [4.69, 9.17) is 9.47 Å². The number of amides is 1. The van der Waals surface area contributed by atoms with Gasteiger partial charge in [-0.15, -0.1) is 0 Å². The van der Waals surface area contributed by atoms with E-state index in [9.17, 15) is 18.0 Å².